The lowest BCUT2D eigenvalue weighted by molar-refractivity contribution is -0.0192. The number of pyridine rings is 1. The molecule has 1 aliphatic heterocycles. The third-order valence-electron chi connectivity index (χ3n) is 2.93. The lowest BCUT2D eigenvalue weighted by Gasteiger charge is -2.32. The molecule has 1 N–H and O–H groups in total. The highest BCUT2D eigenvalue weighted by Gasteiger charge is 2.19. The second-order valence-electron chi connectivity index (χ2n) is 4.10. The topological polar surface area (TPSA) is 37.4 Å². The molecule has 4 nitrogen and oxygen atoms in total. The number of nitrogens with one attached hydrogen (secondary N) is 1. The van der Waals surface area contributed by atoms with Gasteiger partial charge in [-0.15, -0.1) is 0 Å². The van der Waals surface area contributed by atoms with Crippen molar-refractivity contribution in [2.24, 2.45) is 0 Å². The van der Waals surface area contributed by atoms with Crippen LogP contribution in [-0.4, -0.2) is 48.8 Å². The smallest absolute Gasteiger partial charge is 0.165 e. The van der Waals surface area contributed by atoms with Crippen LogP contribution in [0.4, 0.5) is 10.2 Å². The molecule has 0 saturated carbocycles. The number of ether oxygens (including phenoxy) is 1. The van der Waals surface area contributed by atoms with Gasteiger partial charge in [-0.3, -0.25) is 4.90 Å². The first-order valence-corrected chi connectivity index (χ1v) is 5.98. The van der Waals surface area contributed by atoms with Crippen LogP contribution in [0.3, 0.4) is 0 Å². The minimum absolute atomic E-state index is 0.102. The fourth-order valence-corrected chi connectivity index (χ4v) is 1.92. The average Bonchev–Trinajstić information content (AvgIpc) is 2.38. The molecule has 1 atom stereocenters. The molecule has 2 rings (SSSR count). The molecule has 1 fully saturated rings. The van der Waals surface area contributed by atoms with Crippen LogP contribution in [0.15, 0.2) is 18.3 Å². The number of likely N-dealkylation sites (N-methyl/N-ethyl adjacent to an activating group) is 1. The van der Waals surface area contributed by atoms with Gasteiger partial charge in [-0.1, -0.05) is 6.92 Å². The van der Waals surface area contributed by atoms with Crippen LogP contribution in [0.1, 0.15) is 6.92 Å². The first-order chi connectivity index (χ1) is 8.29. The molecule has 1 saturated heterocycles. The minimum atomic E-state index is -0.323. The second kappa shape index (κ2) is 5.93. The number of morpholine rings is 1. The van der Waals surface area contributed by atoms with Crippen molar-refractivity contribution in [2.75, 3.05) is 38.1 Å². The monoisotopic (exact) mass is 239 g/mol. The van der Waals surface area contributed by atoms with Gasteiger partial charge in [0.2, 0.25) is 0 Å². The van der Waals surface area contributed by atoms with Gasteiger partial charge in [0, 0.05) is 25.8 Å². The summed E-state index contributed by atoms with van der Waals surface area (Å²) in [7, 11) is 0. The van der Waals surface area contributed by atoms with Crippen LogP contribution in [0.2, 0.25) is 0 Å². The zero-order valence-electron chi connectivity index (χ0n) is 10.0. The van der Waals surface area contributed by atoms with Gasteiger partial charge >= 0.3 is 0 Å². The van der Waals surface area contributed by atoms with Crippen molar-refractivity contribution >= 4 is 5.82 Å². The molecule has 0 spiro atoms. The van der Waals surface area contributed by atoms with Crippen molar-refractivity contribution in [3.8, 4) is 0 Å². The van der Waals surface area contributed by atoms with E-state index >= 15 is 0 Å². The number of hydrogen-bond donors (Lipinski definition) is 1. The summed E-state index contributed by atoms with van der Waals surface area (Å²) in [5.41, 5.74) is 0. The summed E-state index contributed by atoms with van der Waals surface area (Å²) in [4.78, 5) is 6.27. The predicted octanol–water partition coefficient (Wildman–Crippen LogP) is 1.35. The molecule has 1 aromatic rings. The van der Waals surface area contributed by atoms with Gasteiger partial charge in [0.15, 0.2) is 11.6 Å². The maximum absolute atomic E-state index is 13.3. The minimum Gasteiger partial charge on any atom is -0.374 e. The van der Waals surface area contributed by atoms with Crippen LogP contribution >= 0.6 is 0 Å². The van der Waals surface area contributed by atoms with Crippen molar-refractivity contribution in [1.29, 1.82) is 0 Å². The summed E-state index contributed by atoms with van der Waals surface area (Å²) in [5.74, 6) is -0.0274. The molecule has 1 aromatic heterocycles. The van der Waals surface area contributed by atoms with E-state index in [-0.39, 0.29) is 11.9 Å². The lowest BCUT2D eigenvalue weighted by atomic mass is 10.2. The molecule has 0 aromatic carbocycles. The molecule has 0 amide bonds. The van der Waals surface area contributed by atoms with E-state index in [4.69, 9.17) is 4.74 Å². The quantitative estimate of drug-likeness (QED) is 0.860. The Kier molecular flexibility index (Phi) is 4.28. The number of rotatable bonds is 4. The number of hydrogen-bond acceptors (Lipinski definition) is 4. The highest BCUT2D eigenvalue weighted by molar-refractivity contribution is 5.35. The van der Waals surface area contributed by atoms with Crippen molar-refractivity contribution in [2.45, 2.75) is 13.0 Å². The first kappa shape index (κ1) is 12.3. The Balaban J connectivity index is 1.84. The summed E-state index contributed by atoms with van der Waals surface area (Å²) in [5, 5.41) is 2.99. The lowest BCUT2D eigenvalue weighted by Crippen LogP contribution is -2.45. The normalized spacial score (nSPS) is 21.4. The van der Waals surface area contributed by atoms with Gasteiger partial charge in [-0.25, -0.2) is 9.37 Å². The average molecular weight is 239 g/mol. The fraction of sp³-hybridized carbons (Fsp3) is 0.583. The van der Waals surface area contributed by atoms with E-state index in [0.29, 0.717) is 12.4 Å². The van der Waals surface area contributed by atoms with Gasteiger partial charge in [0.05, 0.1) is 12.7 Å². The van der Waals surface area contributed by atoms with E-state index in [1.54, 1.807) is 12.3 Å². The van der Waals surface area contributed by atoms with Crippen LogP contribution in [-0.2, 0) is 4.74 Å². The molecule has 0 radical (unpaired) electrons. The number of nitrogens with zero attached hydrogens (tertiary/aromatic N) is 2. The first-order valence-electron chi connectivity index (χ1n) is 5.98. The van der Waals surface area contributed by atoms with Crippen molar-refractivity contribution in [3.05, 3.63) is 24.1 Å². The highest BCUT2D eigenvalue weighted by Crippen LogP contribution is 2.10. The maximum Gasteiger partial charge on any atom is 0.165 e. The van der Waals surface area contributed by atoms with Crippen LogP contribution in [0.25, 0.3) is 0 Å². The molecular weight excluding hydrogens is 221 g/mol. The Bertz CT molecular complexity index is 361. The largest absolute Gasteiger partial charge is 0.374 e. The Hall–Kier alpha value is -1.20. The van der Waals surface area contributed by atoms with Crippen LogP contribution in [0, 0.1) is 5.82 Å². The van der Waals surface area contributed by atoms with Crippen molar-refractivity contribution < 1.29 is 9.13 Å². The van der Waals surface area contributed by atoms with Gasteiger partial charge < -0.3 is 10.1 Å². The van der Waals surface area contributed by atoms with Gasteiger partial charge in [0.25, 0.3) is 0 Å². The zero-order valence-corrected chi connectivity index (χ0v) is 10.0. The molecular formula is C12H18FN3O. The number of aromatic nitrogens is 1. The highest BCUT2D eigenvalue weighted by atomic mass is 19.1. The van der Waals surface area contributed by atoms with Crippen LogP contribution in [0.5, 0.6) is 0 Å². The fourth-order valence-electron chi connectivity index (χ4n) is 1.92. The van der Waals surface area contributed by atoms with Crippen molar-refractivity contribution in [1.82, 2.24) is 9.88 Å². The SMILES string of the molecule is CCN1CCOC(CNc2ncccc2F)C1. The van der Waals surface area contributed by atoms with Gasteiger partial charge in [-0.05, 0) is 18.7 Å². The Morgan fingerprint density at radius 2 is 2.53 bits per heavy atom. The molecule has 1 aliphatic rings. The molecule has 0 aliphatic carbocycles. The van der Waals surface area contributed by atoms with Crippen LogP contribution < -0.4 is 5.32 Å². The van der Waals surface area contributed by atoms with E-state index in [2.05, 4.69) is 22.1 Å². The molecule has 94 valence electrons. The summed E-state index contributed by atoms with van der Waals surface area (Å²) >= 11 is 0. The molecule has 17 heavy (non-hydrogen) atoms. The summed E-state index contributed by atoms with van der Waals surface area (Å²) < 4.78 is 18.9. The van der Waals surface area contributed by atoms with Crippen molar-refractivity contribution in [3.63, 3.8) is 0 Å². The third kappa shape index (κ3) is 3.38. The van der Waals surface area contributed by atoms with E-state index in [0.717, 1.165) is 26.2 Å². The molecule has 1 unspecified atom stereocenters. The Labute approximate surface area is 101 Å². The summed E-state index contributed by atoms with van der Waals surface area (Å²) in [6, 6.07) is 2.98. The maximum atomic E-state index is 13.3. The number of halogens is 1. The van der Waals surface area contributed by atoms with E-state index in [9.17, 15) is 4.39 Å². The zero-order chi connectivity index (χ0) is 12.1. The van der Waals surface area contributed by atoms with E-state index in [1.165, 1.54) is 6.07 Å². The van der Waals surface area contributed by atoms with E-state index in [1.807, 2.05) is 0 Å². The third-order valence-corrected chi connectivity index (χ3v) is 2.93. The standard InChI is InChI=1S/C12H18FN3O/c1-2-16-6-7-17-10(9-16)8-15-12-11(13)4-3-5-14-12/h3-5,10H,2,6-9H2,1H3,(H,14,15). The summed E-state index contributed by atoms with van der Waals surface area (Å²) in [6.45, 7) is 6.35. The Morgan fingerprint density at radius 3 is 3.29 bits per heavy atom. The second-order valence-corrected chi connectivity index (χ2v) is 4.10. The number of anilines is 1. The molecule has 0 bridgehead atoms. The molecule has 2 heterocycles. The van der Waals surface area contributed by atoms with Gasteiger partial charge in [-0.2, -0.15) is 0 Å². The van der Waals surface area contributed by atoms with Gasteiger partial charge in [0.1, 0.15) is 0 Å². The van der Waals surface area contributed by atoms with E-state index < -0.39 is 0 Å². The summed E-state index contributed by atoms with van der Waals surface area (Å²) in [6.07, 6.45) is 1.68. The molecule has 5 heteroatoms. The predicted molar refractivity (Wildman–Crippen MR) is 64.5 cm³/mol. The Morgan fingerprint density at radius 1 is 1.65 bits per heavy atom.